The maximum absolute atomic E-state index is 9.14. The van der Waals surface area contributed by atoms with E-state index in [1.807, 2.05) is 12.1 Å². The van der Waals surface area contributed by atoms with E-state index in [1.54, 1.807) is 14.2 Å². The highest BCUT2D eigenvalue weighted by Crippen LogP contribution is 2.34. The first-order chi connectivity index (χ1) is 9.69. The summed E-state index contributed by atoms with van der Waals surface area (Å²) < 4.78 is 10.8. The maximum Gasteiger partial charge on any atom is 0.142 e. The normalized spacial score (nSPS) is 12.2. The predicted octanol–water partition coefficient (Wildman–Crippen LogP) is 2.48. The van der Waals surface area contributed by atoms with Crippen molar-refractivity contribution in [3.8, 4) is 5.75 Å². The van der Waals surface area contributed by atoms with Crippen LogP contribution in [-0.2, 0) is 11.2 Å². The van der Waals surface area contributed by atoms with Crippen LogP contribution in [0.3, 0.4) is 0 Å². The molecule has 0 aromatic heterocycles. The molecule has 1 rings (SSSR count). The number of benzene rings is 1. The van der Waals surface area contributed by atoms with Gasteiger partial charge in [-0.15, -0.1) is 0 Å². The van der Waals surface area contributed by atoms with Gasteiger partial charge in [0, 0.05) is 26.3 Å². The smallest absolute Gasteiger partial charge is 0.142 e. The number of aryl methyl sites for hydroxylation is 1. The van der Waals surface area contributed by atoms with Crippen LogP contribution in [0.5, 0.6) is 5.75 Å². The number of methoxy groups -OCH3 is 2. The minimum Gasteiger partial charge on any atom is -0.495 e. The highest BCUT2D eigenvalue weighted by atomic mass is 16.5. The fourth-order valence-electron chi connectivity index (χ4n) is 2.47. The summed E-state index contributed by atoms with van der Waals surface area (Å²) in [4.78, 5) is 2.28. The van der Waals surface area contributed by atoms with Gasteiger partial charge in [0.05, 0.1) is 19.4 Å². The number of hydrogen-bond donors (Lipinski definition) is 1. The summed E-state index contributed by atoms with van der Waals surface area (Å²) in [5.74, 6) is 0.880. The molecular formula is C16H27NO3. The van der Waals surface area contributed by atoms with Crippen LogP contribution in [0.1, 0.15) is 25.8 Å². The molecule has 1 N–H and O–H groups in total. The van der Waals surface area contributed by atoms with Crippen LogP contribution >= 0.6 is 0 Å². The molecule has 1 atom stereocenters. The van der Waals surface area contributed by atoms with Crippen LogP contribution in [0.15, 0.2) is 18.2 Å². The first kappa shape index (κ1) is 16.8. The van der Waals surface area contributed by atoms with Crippen molar-refractivity contribution in [1.82, 2.24) is 0 Å². The number of para-hydroxylation sites is 1. The molecule has 4 nitrogen and oxygen atoms in total. The Morgan fingerprint density at radius 1 is 1.30 bits per heavy atom. The third kappa shape index (κ3) is 4.12. The lowest BCUT2D eigenvalue weighted by atomic mass is 10.1. The first-order valence-electron chi connectivity index (χ1n) is 7.21. The summed E-state index contributed by atoms with van der Waals surface area (Å²) >= 11 is 0. The van der Waals surface area contributed by atoms with Gasteiger partial charge in [0.1, 0.15) is 5.75 Å². The van der Waals surface area contributed by atoms with E-state index in [9.17, 15) is 0 Å². The van der Waals surface area contributed by atoms with Crippen molar-refractivity contribution in [1.29, 1.82) is 0 Å². The van der Waals surface area contributed by atoms with Gasteiger partial charge in [0.15, 0.2) is 0 Å². The zero-order chi connectivity index (χ0) is 15.0. The van der Waals surface area contributed by atoms with Crippen LogP contribution < -0.4 is 9.64 Å². The number of aliphatic hydroxyl groups is 1. The number of ether oxygens (including phenoxy) is 2. The van der Waals surface area contributed by atoms with Gasteiger partial charge >= 0.3 is 0 Å². The Labute approximate surface area is 122 Å². The van der Waals surface area contributed by atoms with E-state index in [0.29, 0.717) is 6.61 Å². The van der Waals surface area contributed by atoms with Crippen LogP contribution in [0.4, 0.5) is 5.69 Å². The lowest BCUT2D eigenvalue weighted by molar-refractivity contribution is 0.180. The fourth-order valence-corrected chi connectivity index (χ4v) is 2.47. The fraction of sp³-hybridized carbons (Fsp3) is 0.625. The van der Waals surface area contributed by atoms with Gasteiger partial charge in [-0.1, -0.05) is 19.1 Å². The average Bonchev–Trinajstić information content (AvgIpc) is 2.47. The largest absolute Gasteiger partial charge is 0.495 e. The van der Waals surface area contributed by atoms with Gasteiger partial charge in [-0.05, 0) is 31.4 Å². The van der Waals surface area contributed by atoms with Gasteiger partial charge in [0.25, 0.3) is 0 Å². The molecule has 0 aliphatic rings. The molecule has 0 aliphatic carbocycles. The Morgan fingerprint density at radius 3 is 2.60 bits per heavy atom. The standard InChI is InChI=1S/C16H27NO3/c1-5-14-8-6-9-15(20-4)16(14)17(10-7-11-18)13(2)12-19-3/h6,8-9,13,18H,5,7,10-12H2,1-4H3. The summed E-state index contributed by atoms with van der Waals surface area (Å²) in [6.07, 6.45) is 1.68. The first-order valence-corrected chi connectivity index (χ1v) is 7.21. The Bertz CT molecular complexity index is 373. The van der Waals surface area contributed by atoms with Crippen molar-refractivity contribution in [2.24, 2.45) is 0 Å². The van der Waals surface area contributed by atoms with Gasteiger partial charge in [-0.2, -0.15) is 0 Å². The van der Waals surface area contributed by atoms with Crippen molar-refractivity contribution >= 4 is 5.69 Å². The maximum atomic E-state index is 9.14. The predicted molar refractivity (Wildman–Crippen MR) is 82.8 cm³/mol. The van der Waals surface area contributed by atoms with Crippen molar-refractivity contribution < 1.29 is 14.6 Å². The Kier molecular flexibility index (Phi) is 7.41. The zero-order valence-electron chi connectivity index (χ0n) is 13.1. The molecule has 1 unspecified atom stereocenters. The summed E-state index contributed by atoms with van der Waals surface area (Å²) in [5.41, 5.74) is 2.38. The highest BCUT2D eigenvalue weighted by Gasteiger charge is 2.20. The van der Waals surface area contributed by atoms with Crippen molar-refractivity contribution in [3.05, 3.63) is 23.8 Å². The minimum absolute atomic E-state index is 0.187. The summed E-state index contributed by atoms with van der Waals surface area (Å²) in [5, 5.41) is 9.14. The minimum atomic E-state index is 0.187. The van der Waals surface area contributed by atoms with Crippen molar-refractivity contribution in [3.63, 3.8) is 0 Å². The molecule has 0 saturated heterocycles. The molecule has 0 bridgehead atoms. The number of hydrogen-bond acceptors (Lipinski definition) is 4. The molecular weight excluding hydrogens is 254 g/mol. The van der Waals surface area contributed by atoms with Gasteiger partial charge in [-0.3, -0.25) is 0 Å². The summed E-state index contributed by atoms with van der Waals surface area (Å²) in [7, 11) is 3.41. The third-order valence-electron chi connectivity index (χ3n) is 3.47. The molecule has 0 heterocycles. The molecule has 0 fully saturated rings. The Morgan fingerprint density at radius 2 is 2.05 bits per heavy atom. The van der Waals surface area contributed by atoms with Crippen molar-refractivity contribution in [2.45, 2.75) is 32.7 Å². The van der Waals surface area contributed by atoms with Crippen LogP contribution in [0.25, 0.3) is 0 Å². The van der Waals surface area contributed by atoms with Crippen LogP contribution in [0, 0.1) is 0 Å². The molecule has 114 valence electrons. The number of nitrogens with zero attached hydrogens (tertiary/aromatic N) is 1. The Balaban J connectivity index is 3.16. The zero-order valence-corrected chi connectivity index (χ0v) is 13.1. The van der Waals surface area contributed by atoms with E-state index in [2.05, 4.69) is 24.8 Å². The molecule has 0 saturated carbocycles. The molecule has 4 heteroatoms. The Hall–Kier alpha value is -1.26. The molecule has 1 aromatic rings. The average molecular weight is 281 g/mol. The van der Waals surface area contributed by atoms with E-state index in [-0.39, 0.29) is 12.6 Å². The molecule has 0 spiro atoms. The second-order valence-electron chi connectivity index (χ2n) is 4.90. The van der Waals surface area contributed by atoms with Gasteiger partial charge in [-0.25, -0.2) is 0 Å². The lowest BCUT2D eigenvalue weighted by Crippen LogP contribution is -2.38. The highest BCUT2D eigenvalue weighted by molar-refractivity contribution is 5.64. The molecule has 0 radical (unpaired) electrons. The van der Waals surface area contributed by atoms with E-state index in [1.165, 1.54) is 5.56 Å². The van der Waals surface area contributed by atoms with E-state index >= 15 is 0 Å². The molecule has 1 aromatic carbocycles. The van der Waals surface area contributed by atoms with Crippen molar-refractivity contribution in [2.75, 3.05) is 38.9 Å². The SMILES string of the molecule is CCc1cccc(OC)c1N(CCCO)C(C)COC. The number of rotatable bonds is 9. The number of anilines is 1. The molecule has 20 heavy (non-hydrogen) atoms. The third-order valence-corrected chi connectivity index (χ3v) is 3.47. The van der Waals surface area contributed by atoms with E-state index in [4.69, 9.17) is 14.6 Å². The monoisotopic (exact) mass is 281 g/mol. The summed E-state index contributed by atoms with van der Waals surface area (Å²) in [6.45, 7) is 5.89. The molecule has 0 amide bonds. The topological polar surface area (TPSA) is 41.9 Å². The number of aliphatic hydroxyl groups excluding tert-OH is 1. The summed E-state index contributed by atoms with van der Waals surface area (Å²) in [6, 6.07) is 6.36. The van der Waals surface area contributed by atoms with E-state index < -0.39 is 0 Å². The van der Waals surface area contributed by atoms with Gasteiger partial charge in [0.2, 0.25) is 0 Å². The second kappa shape index (κ2) is 8.82. The van der Waals surface area contributed by atoms with Crippen LogP contribution in [0.2, 0.25) is 0 Å². The quantitative estimate of drug-likeness (QED) is 0.755. The lowest BCUT2D eigenvalue weighted by Gasteiger charge is -2.33. The van der Waals surface area contributed by atoms with Crippen LogP contribution in [-0.4, -0.2) is 45.1 Å². The molecule has 0 aliphatic heterocycles. The second-order valence-corrected chi connectivity index (χ2v) is 4.90. The van der Waals surface area contributed by atoms with Gasteiger partial charge < -0.3 is 19.5 Å². The van der Waals surface area contributed by atoms with E-state index in [0.717, 1.165) is 30.8 Å².